The van der Waals surface area contributed by atoms with Gasteiger partial charge in [0.05, 0.1) is 5.69 Å². The van der Waals surface area contributed by atoms with Gasteiger partial charge in [-0.15, -0.1) is 24.0 Å². The molecule has 1 aromatic heterocycles. The number of aliphatic imine (C=N–C) groups is 1. The van der Waals surface area contributed by atoms with Gasteiger partial charge in [0.25, 0.3) is 0 Å². The van der Waals surface area contributed by atoms with Crippen molar-refractivity contribution in [3.05, 3.63) is 17.0 Å². The van der Waals surface area contributed by atoms with Crippen LogP contribution in [0.25, 0.3) is 0 Å². The van der Waals surface area contributed by atoms with Gasteiger partial charge in [-0.2, -0.15) is 5.10 Å². The van der Waals surface area contributed by atoms with E-state index in [9.17, 15) is 0 Å². The second-order valence-corrected chi connectivity index (χ2v) is 6.78. The van der Waals surface area contributed by atoms with Crippen LogP contribution in [0.15, 0.2) is 4.99 Å². The molecule has 0 saturated carbocycles. The highest BCUT2D eigenvalue weighted by Gasteiger charge is 2.34. The van der Waals surface area contributed by atoms with E-state index in [1.165, 1.54) is 11.3 Å². The lowest BCUT2D eigenvalue weighted by Gasteiger charge is -2.43. The SMILES string of the molecule is CN=C(NCc1c(C)nn(C)c1C)NCC1(N(C)C)CCOCC1.I. The molecule has 0 atom stereocenters. The summed E-state index contributed by atoms with van der Waals surface area (Å²) in [6.45, 7) is 7.36. The molecule has 0 unspecified atom stereocenters. The molecule has 0 aliphatic carbocycles. The number of halogens is 1. The van der Waals surface area contributed by atoms with E-state index < -0.39 is 0 Å². The predicted octanol–water partition coefficient (Wildman–Crippen LogP) is 1.43. The van der Waals surface area contributed by atoms with Gasteiger partial charge >= 0.3 is 0 Å². The zero-order valence-electron chi connectivity index (χ0n) is 16.3. The molecule has 1 aliphatic heterocycles. The van der Waals surface area contributed by atoms with Gasteiger partial charge in [0.15, 0.2) is 5.96 Å². The molecule has 0 amide bonds. The third kappa shape index (κ3) is 5.30. The minimum atomic E-state index is 0. The molecule has 2 rings (SSSR count). The number of likely N-dealkylation sites (N-methyl/N-ethyl adjacent to an activating group) is 1. The Balaban J connectivity index is 0.00000312. The van der Waals surface area contributed by atoms with Crippen LogP contribution >= 0.6 is 24.0 Å². The van der Waals surface area contributed by atoms with E-state index in [1.54, 1.807) is 0 Å². The molecule has 1 aromatic rings. The van der Waals surface area contributed by atoms with E-state index in [1.807, 2.05) is 25.7 Å². The van der Waals surface area contributed by atoms with Gasteiger partial charge in [-0.1, -0.05) is 0 Å². The molecule has 0 spiro atoms. The summed E-state index contributed by atoms with van der Waals surface area (Å²) in [6.07, 6.45) is 2.07. The third-order valence-corrected chi connectivity index (χ3v) is 5.27. The summed E-state index contributed by atoms with van der Waals surface area (Å²) in [5, 5.41) is 11.4. The minimum Gasteiger partial charge on any atom is -0.381 e. The second kappa shape index (κ2) is 9.72. The number of ether oxygens (including phenoxy) is 1. The lowest BCUT2D eigenvalue weighted by Crippen LogP contribution is -2.57. The van der Waals surface area contributed by atoms with Gasteiger partial charge in [-0.25, -0.2) is 0 Å². The number of hydrogen-bond donors (Lipinski definition) is 2. The average molecular weight is 464 g/mol. The van der Waals surface area contributed by atoms with Gasteiger partial charge in [0, 0.05) is 57.2 Å². The summed E-state index contributed by atoms with van der Waals surface area (Å²) in [7, 11) is 8.08. The molecule has 2 heterocycles. The molecule has 2 N–H and O–H groups in total. The largest absolute Gasteiger partial charge is 0.381 e. The first-order valence-corrected chi connectivity index (χ1v) is 8.58. The van der Waals surface area contributed by atoms with E-state index in [4.69, 9.17) is 4.74 Å². The molecule has 1 aliphatic rings. The highest BCUT2D eigenvalue weighted by Crippen LogP contribution is 2.25. The summed E-state index contributed by atoms with van der Waals surface area (Å²) in [5.41, 5.74) is 3.60. The maximum atomic E-state index is 5.53. The zero-order chi connectivity index (χ0) is 17.7. The van der Waals surface area contributed by atoms with Crippen LogP contribution in [-0.4, -0.2) is 67.1 Å². The quantitative estimate of drug-likeness (QED) is 0.392. The number of hydrogen-bond acceptors (Lipinski definition) is 4. The van der Waals surface area contributed by atoms with Crippen molar-refractivity contribution in [3.8, 4) is 0 Å². The fraction of sp³-hybridized carbons (Fsp3) is 0.765. The number of nitrogens with one attached hydrogen (secondary N) is 2. The Bertz CT molecular complexity index is 578. The maximum Gasteiger partial charge on any atom is 0.191 e. The number of aromatic nitrogens is 2. The Labute approximate surface area is 168 Å². The molecule has 0 bridgehead atoms. The highest BCUT2D eigenvalue weighted by atomic mass is 127. The Morgan fingerprint density at radius 3 is 2.40 bits per heavy atom. The molecule has 7 nitrogen and oxygen atoms in total. The standard InChI is InChI=1S/C17H32N6O.HI/c1-13-15(14(2)23(6)21-13)11-19-16(18-3)20-12-17(22(4)5)7-9-24-10-8-17;/h7-12H2,1-6H3,(H2,18,19,20);1H. The summed E-state index contributed by atoms with van der Waals surface area (Å²) in [6, 6.07) is 0. The topological polar surface area (TPSA) is 66.7 Å². The van der Waals surface area contributed by atoms with Crippen LogP contribution in [0.4, 0.5) is 0 Å². The minimum absolute atomic E-state index is 0. The van der Waals surface area contributed by atoms with E-state index in [0.29, 0.717) is 0 Å². The van der Waals surface area contributed by atoms with Gasteiger partial charge in [-0.05, 0) is 40.8 Å². The summed E-state index contributed by atoms with van der Waals surface area (Å²) < 4.78 is 7.45. The van der Waals surface area contributed by atoms with Gasteiger partial charge in [-0.3, -0.25) is 9.67 Å². The van der Waals surface area contributed by atoms with Crippen molar-refractivity contribution in [1.82, 2.24) is 25.3 Å². The lowest BCUT2D eigenvalue weighted by molar-refractivity contribution is -0.00501. The molecule has 25 heavy (non-hydrogen) atoms. The predicted molar refractivity (Wildman–Crippen MR) is 113 cm³/mol. The summed E-state index contributed by atoms with van der Waals surface area (Å²) in [5.74, 6) is 0.824. The van der Waals surface area contributed by atoms with Crippen LogP contribution in [0.5, 0.6) is 0 Å². The average Bonchev–Trinajstić information content (AvgIpc) is 2.81. The van der Waals surface area contributed by atoms with Crippen LogP contribution in [0.1, 0.15) is 29.8 Å². The Morgan fingerprint density at radius 2 is 1.92 bits per heavy atom. The molecule has 0 aromatic carbocycles. The van der Waals surface area contributed by atoms with Crippen LogP contribution in [0.3, 0.4) is 0 Å². The van der Waals surface area contributed by atoms with Crippen molar-refractivity contribution >= 4 is 29.9 Å². The van der Waals surface area contributed by atoms with Crippen molar-refractivity contribution in [3.63, 3.8) is 0 Å². The van der Waals surface area contributed by atoms with E-state index in [2.05, 4.69) is 46.6 Å². The van der Waals surface area contributed by atoms with Crippen molar-refractivity contribution in [2.75, 3.05) is 40.9 Å². The van der Waals surface area contributed by atoms with Crippen LogP contribution in [0.2, 0.25) is 0 Å². The molecular formula is C17H33IN6O. The normalized spacial score (nSPS) is 17.3. The highest BCUT2D eigenvalue weighted by molar-refractivity contribution is 14.0. The maximum absolute atomic E-state index is 5.53. The number of aryl methyl sites for hydroxylation is 2. The summed E-state index contributed by atoms with van der Waals surface area (Å²) >= 11 is 0. The van der Waals surface area contributed by atoms with Crippen molar-refractivity contribution in [2.45, 2.75) is 38.8 Å². The fourth-order valence-electron chi connectivity index (χ4n) is 3.25. The van der Waals surface area contributed by atoms with Crippen LogP contribution in [0, 0.1) is 13.8 Å². The monoisotopic (exact) mass is 464 g/mol. The molecule has 1 fully saturated rings. The molecule has 1 saturated heterocycles. The number of guanidine groups is 1. The Kier molecular flexibility index (Phi) is 8.62. The van der Waals surface area contributed by atoms with Crippen molar-refractivity contribution < 1.29 is 4.74 Å². The molecule has 144 valence electrons. The van der Waals surface area contributed by atoms with Gasteiger partial charge < -0.3 is 20.3 Å². The fourth-order valence-corrected chi connectivity index (χ4v) is 3.25. The first-order chi connectivity index (χ1) is 11.4. The van der Waals surface area contributed by atoms with Crippen molar-refractivity contribution in [2.24, 2.45) is 12.0 Å². The van der Waals surface area contributed by atoms with E-state index >= 15 is 0 Å². The summed E-state index contributed by atoms with van der Waals surface area (Å²) in [4.78, 5) is 6.67. The third-order valence-electron chi connectivity index (χ3n) is 5.27. The smallest absolute Gasteiger partial charge is 0.191 e. The lowest BCUT2D eigenvalue weighted by atomic mass is 9.88. The number of rotatable bonds is 5. The Morgan fingerprint density at radius 1 is 1.28 bits per heavy atom. The second-order valence-electron chi connectivity index (χ2n) is 6.78. The van der Waals surface area contributed by atoms with E-state index in [0.717, 1.165) is 50.8 Å². The Hall–Kier alpha value is -0.870. The first kappa shape index (κ1) is 22.2. The molecule has 8 heteroatoms. The zero-order valence-corrected chi connectivity index (χ0v) is 18.7. The molecular weight excluding hydrogens is 431 g/mol. The number of nitrogens with zero attached hydrogens (tertiary/aromatic N) is 4. The van der Waals surface area contributed by atoms with Gasteiger partial charge in [0.2, 0.25) is 0 Å². The van der Waals surface area contributed by atoms with Crippen LogP contribution in [-0.2, 0) is 18.3 Å². The van der Waals surface area contributed by atoms with Gasteiger partial charge in [0.1, 0.15) is 0 Å². The van der Waals surface area contributed by atoms with Crippen LogP contribution < -0.4 is 10.6 Å². The van der Waals surface area contributed by atoms with E-state index in [-0.39, 0.29) is 29.5 Å². The van der Waals surface area contributed by atoms with Crippen molar-refractivity contribution in [1.29, 1.82) is 0 Å². The molecule has 0 radical (unpaired) electrons. The first-order valence-electron chi connectivity index (χ1n) is 8.58.